The van der Waals surface area contributed by atoms with Gasteiger partial charge in [-0.25, -0.2) is 0 Å². The Morgan fingerprint density at radius 1 is 1.28 bits per heavy atom. The lowest BCUT2D eigenvalue weighted by atomic mass is 10.1. The van der Waals surface area contributed by atoms with Gasteiger partial charge in [0, 0.05) is 17.6 Å². The van der Waals surface area contributed by atoms with Crippen LogP contribution in [0.3, 0.4) is 0 Å². The molecule has 0 aliphatic rings. The number of pyridine rings is 1. The quantitative estimate of drug-likeness (QED) is 0.795. The second-order valence-electron chi connectivity index (χ2n) is 4.62. The Hall–Kier alpha value is -1.45. The first-order chi connectivity index (χ1) is 8.70. The van der Waals surface area contributed by atoms with E-state index in [4.69, 9.17) is 0 Å². The van der Waals surface area contributed by atoms with Crippen molar-refractivity contribution in [1.82, 2.24) is 10.3 Å². The molecule has 1 aromatic heterocycles. The predicted molar refractivity (Wildman–Crippen MR) is 74.6 cm³/mol. The molecular weight excluding hydrogens is 224 g/mol. The van der Waals surface area contributed by atoms with Crippen LogP contribution in [0.15, 0.2) is 30.3 Å². The van der Waals surface area contributed by atoms with E-state index in [0.717, 1.165) is 35.1 Å². The number of hydrogen-bond acceptors (Lipinski definition) is 3. The molecule has 0 bridgehead atoms. The van der Waals surface area contributed by atoms with Crippen molar-refractivity contribution in [2.75, 3.05) is 13.1 Å². The molecule has 1 aromatic carbocycles. The fourth-order valence-corrected chi connectivity index (χ4v) is 1.99. The highest BCUT2D eigenvalue weighted by molar-refractivity contribution is 5.79. The molecule has 0 aliphatic heterocycles. The Labute approximate surface area is 108 Å². The van der Waals surface area contributed by atoms with Crippen molar-refractivity contribution in [3.63, 3.8) is 0 Å². The lowest BCUT2D eigenvalue weighted by molar-refractivity contribution is 0.175. The number of aromatic nitrogens is 1. The minimum Gasteiger partial charge on any atom is -0.387 e. The highest BCUT2D eigenvalue weighted by Crippen LogP contribution is 2.19. The minimum atomic E-state index is -0.456. The summed E-state index contributed by atoms with van der Waals surface area (Å²) in [6.45, 7) is 5.63. The van der Waals surface area contributed by atoms with Crippen LogP contribution in [0, 0.1) is 6.92 Å². The molecule has 0 aliphatic carbocycles. The van der Waals surface area contributed by atoms with Gasteiger partial charge < -0.3 is 10.4 Å². The Bertz CT molecular complexity index is 525. The van der Waals surface area contributed by atoms with E-state index in [0.29, 0.717) is 6.54 Å². The van der Waals surface area contributed by atoms with E-state index in [1.165, 1.54) is 0 Å². The fourth-order valence-electron chi connectivity index (χ4n) is 1.99. The van der Waals surface area contributed by atoms with Crippen molar-refractivity contribution in [2.24, 2.45) is 0 Å². The van der Waals surface area contributed by atoms with Gasteiger partial charge in [0.2, 0.25) is 0 Å². The Morgan fingerprint density at radius 2 is 2.11 bits per heavy atom. The summed E-state index contributed by atoms with van der Waals surface area (Å²) in [6, 6.07) is 9.98. The van der Waals surface area contributed by atoms with Gasteiger partial charge in [-0.1, -0.05) is 19.1 Å². The first-order valence-corrected chi connectivity index (χ1v) is 6.47. The van der Waals surface area contributed by atoms with Gasteiger partial charge in [-0.3, -0.25) is 4.98 Å². The molecule has 96 valence electrons. The maximum atomic E-state index is 10.1. The highest BCUT2D eigenvalue weighted by Gasteiger charge is 2.07. The Kier molecular flexibility index (Phi) is 4.28. The van der Waals surface area contributed by atoms with Crippen LogP contribution >= 0.6 is 0 Å². The van der Waals surface area contributed by atoms with Crippen LogP contribution < -0.4 is 5.32 Å². The first-order valence-electron chi connectivity index (χ1n) is 6.47. The molecule has 0 spiro atoms. The molecule has 0 saturated carbocycles. The first kappa shape index (κ1) is 13.0. The van der Waals surface area contributed by atoms with Crippen LogP contribution in [-0.4, -0.2) is 23.2 Å². The van der Waals surface area contributed by atoms with E-state index in [-0.39, 0.29) is 0 Å². The second kappa shape index (κ2) is 5.94. The van der Waals surface area contributed by atoms with Crippen molar-refractivity contribution < 1.29 is 5.11 Å². The van der Waals surface area contributed by atoms with Gasteiger partial charge in [-0.2, -0.15) is 0 Å². The SMILES string of the molecule is CCCNCC(O)c1ccc2nc(C)ccc2c1. The van der Waals surface area contributed by atoms with Crippen LogP contribution in [0.5, 0.6) is 0 Å². The Balaban J connectivity index is 2.16. The van der Waals surface area contributed by atoms with E-state index in [1.807, 2.05) is 37.3 Å². The molecule has 2 N–H and O–H groups in total. The number of aryl methyl sites for hydroxylation is 1. The van der Waals surface area contributed by atoms with Gasteiger partial charge in [0.1, 0.15) is 0 Å². The van der Waals surface area contributed by atoms with Crippen LogP contribution in [-0.2, 0) is 0 Å². The standard InChI is InChI=1S/C15H20N2O/c1-3-8-16-10-15(18)13-6-7-14-12(9-13)5-4-11(2)17-14/h4-7,9,15-16,18H,3,8,10H2,1-2H3. The lowest BCUT2D eigenvalue weighted by Crippen LogP contribution is -2.22. The van der Waals surface area contributed by atoms with Crippen molar-refractivity contribution in [2.45, 2.75) is 26.4 Å². The maximum absolute atomic E-state index is 10.1. The summed E-state index contributed by atoms with van der Waals surface area (Å²) in [7, 11) is 0. The second-order valence-corrected chi connectivity index (χ2v) is 4.62. The molecule has 0 radical (unpaired) electrons. The molecule has 2 rings (SSSR count). The smallest absolute Gasteiger partial charge is 0.0914 e. The van der Waals surface area contributed by atoms with Crippen molar-refractivity contribution in [3.8, 4) is 0 Å². The number of nitrogens with zero attached hydrogens (tertiary/aromatic N) is 1. The third kappa shape index (κ3) is 3.06. The summed E-state index contributed by atoms with van der Waals surface area (Å²) in [5.41, 5.74) is 2.93. The summed E-state index contributed by atoms with van der Waals surface area (Å²) in [4.78, 5) is 4.45. The van der Waals surface area contributed by atoms with Crippen LogP contribution in [0.2, 0.25) is 0 Å². The van der Waals surface area contributed by atoms with Crippen molar-refractivity contribution in [1.29, 1.82) is 0 Å². The van der Waals surface area contributed by atoms with Gasteiger partial charge in [-0.05, 0) is 43.7 Å². The van der Waals surface area contributed by atoms with Gasteiger partial charge in [0.05, 0.1) is 11.6 Å². The van der Waals surface area contributed by atoms with Crippen molar-refractivity contribution >= 4 is 10.9 Å². The summed E-state index contributed by atoms with van der Waals surface area (Å²) < 4.78 is 0. The molecule has 3 nitrogen and oxygen atoms in total. The fraction of sp³-hybridized carbons (Fsp3) is 0.400. The van der Waals surface area contributed by atoms with E-state index in [2.05, 4.69) is 17.2 Å². The molecular formula is C15H20N2O. The zero-order valence-electron chi connectivity index (χ0n) is 11.0. The van der Waals surface area contributed by atoms with Gasteiger partial charge in [0.15, 0.2) is 0 Å². The van der Waals surface area contributed by atoms with Gasteiger partial charge in [0.25, 0.3) is 0 Å². The Morgan fingerprint density at radius 3 is 2.89 bits per heavy atom. The molecule has 0 fully saturated rings. The van der Waals surface area contributed by atoms with Crippen LogP contribution in [0.1, 0.15) is 30.7 Å². The number of fused-ring (bicyclic) bond motifs is 1. The molecule has 1 unspecified atom stereocenters. The topological polar surface area (TPSA) is 45.1 Å². The third-order valence-electron chi connectivity index (χ3n) is 3.00. The normalized spacial score (nSPS) is 12.8. The molecule has 2 aromatic rings. The number of aliphatic hydroxyl groups is 1. The summed E-state index contributed by atoms with van der Waals surface area (Å²) in [5.74, 6) is 0. The molecule has 18 heavy (non-hydrogen) atoms. The summed E-state index contributed by atoms with van der Waals surface area (Å²) >= 11 is 0. The maximum Gasteiger partial charge on any atom is 0.0914 e. The number of aliphatic hydroxyl groups excluding tert-OH is 1. The number of nitrogens with one attached hydrogen (secondary N) is 1. The predicted octanol–water partition coefficient (Wildman–Crippen LogP) is 2.58. The average molecular weight is 244 g/mol. The summed E-state index contributed by atoms with van der Waals surface area (Å²) in [6.07, 6.45) is 0.621. The zero-order chi connectivity index (χ0) is 13.0. The lowest BCUT2D eigenvalue weighted by Gasteiger charge is -2.12. The average Bonchev–Trinajstić information content (AvgIpc) is 2.38. The number of benzene rings is 1. The third-order valence-corrected chi connectivity index (χ3v) is 3.00. The molecule has 0 amide bonds. The zero-order valence-corrected chi connectivity index (χ0v) is 11.0. The van der Waals surface area contributed by atoms with E-state index >= 15 is 0 Å². The van der Waals surface area contributed by atoms with Crippen LogP contribution in [0.25, 0.3) is 10.9 Å². The molecule has 1 atom stereocenters. The number of hydrogen-bond donors (Lipinski definition) is 2. The largest absolute Gasteiger partial charge is 0.387 e. The van der Waals surface area contributed by atoms with E-state index < -0.39 is 6.10 Å². The van der Waals surface area contributed by atoms with Crippen LogP contribution in [0.4, 0.5) is 0 Å². The molecule has 0 saturated heterocycles. The minimum absolute atomic E-state index is 0.456. The molecule has 3 heteroatoms. The summed E-state index contributed by atoms with van der Waals surface area (Å²) in [5, 5.41) is 14.4. The van der Waals surface area contributed by atoms with Gasteiger partial charge >= 0.3 is 0 Å². The van der Waals surface area contributed by atoms with Gasteiger partial charge in [-0.15, -0.1) is 0 Å². The van der Waals surface area contributed by atoms with E-state index in [1.54, 1.807) is 0 Å². The van der Waals surface area contributed by atoms with E-state index in [9.17, 15) is 5.11 Å². The monoisotopic (exact) mass is 244 g/mol. The van der Waals surface area contributed by atoms with Crippen molar-refractivity contribution in [3.05, 3.63) is 41.6 Å². The number of rotatable bonds is 5. The highest BCUT2D eigenvalue weighted by atomic mass is 16.3. The molecule has 1 heterocycles.